The molecule has 0 radical (unpaired) electrons. The van der Waals surface area contributed by atoms with Crippen molar-refractivity contribution in [3.63, 3.8) is 0 Å². The van der Waals surface area contributed by atoms with E-state index >= 15 is 0 Å². The molecule has 19 heavy (non-hydrogen) atoms. The maximum Gasteiger partial charge on any atom is 0.322 e. The van der Waals surface area contributed by atoms with Crippen LogP contribution in [0.4, 0.5) is 10.5 Å². The molecule has 1 rings (SSSR count). The minimum atomic E-state index is -0.540. The summed E-state index contributed by atoms with van der Waals surface area (Å²) in [6, 6.07) is 6.74. The van der Waals surface area contributed by atoms with Crippen LogP contribution in [0.25, 0.3) is 0 Å². The number of primary amides is 1. The van der Waals surface area contributed by atoms with Crippen LogP contribution in [0.3, 0.4) is 0 Å². The van der Waals surface area contributed by atoms with E-state index in [1.165, 1.54) is 4.90 Å². The highest BCUT2D eigenvalue weighted by atomic mass is 16.2. The average Bonchev–Trinajstić information content (AvgIpc) is 2.36. The molecule has 5 N–H and O–H groups in total. The summed E-state index contributed by atoms with van der Waals surface area (Å²) < 4.78 is 0. The molecule has 0 saturated carbocycles. The molecule has 3 amide bonds. The van der Waals surface area contributed by atoms with Crippen LogP contribution in [-0.4, -0.2) is 29.4 Å². The minimum absolute atomic E-state index is 0.107. The van der Waals surface area contributed by atoms with Gasteiger partial charge in [0.05, 0.1) is 0 Å². The Hall–Kier alpha value is -2.08. The Balaban J connectivity index is 2.72. The van der Waals surface area contributed by atoms with E-state index in [2.05, 4.69) is 5.32 Å². The fourth-order valence-electron chi connectivity index (χ4n) is 1.58. The summed E-state index contributed by atoms with van der Waals surface area (Å²) in [6.45, 7) is 3.98. The lowest BCUT2D eigenvalue weighted by molar-refractivity contribution is -0.118. The highest BCUT2D eigenvalue weighted by molar-refractivity contribution is 5.92. The first kappa shape index (κ1) is 15.0. The Labute approximate surface area is 112 Å². The number of hydrogen-bond donors (Lipinski definition) is 3. The molecule has 0 aliphatic heterocycles. The molecular formula is C13H20N4O2. The van der Waals surface area contributed by atoms with Gasteiger partial charge in [0.1, 0.15) is 6.54 Å². The topological polar surface area (TPSA) is 101 Å². The maximum absolute atomic E-state index is 12.0. The summed E-state index contributed by atoms with van der Waals surface area (Å²) in [4.78, 5) is 24.3. The first-order valence-electron chi connectivity index (χ1n) is 6.09. The van der Waals surface area contributed by atoms with E-state index in [0.29, 0.717) is 12.2 Å². The lowest BCUT2D eigenvalue weighted by Gasteiger charge is -2.25. The van der Waals surface area contributed by atoms with E-state index in [4.69, 9.17) is 11.5 Å². The van der Waals surface area contributed by atoms with Gasteiger partial charge in [0.2, 0.25) is 5.91 Å². The number of anilines is 1. The van der Waals surface area contributed by atoms with Crippen LogP contribution in [0, 0.1) is 0 Å². The number of carbonyl (C=O) groups is 2. The summed E-state index contributed by atoms with van der Waals surface area (Å²) >= 11 is 0. The fourth-order valence-corrected chi connectivity index (χ4v) is 1.58. The summed E-state index contributed by atoms with van der Waals surface area (Å²) in [5, 5.41) is 2.72. The Morgan fingerprint density at radius 1 is 1.26 bits per heavy atom. The summed E-state index contributed by atoms with van der Waals surface area (Å²) in [5.41, 5.74) is 12.3. The average molecular weight is 264 g/mol. The molecule has 0 aliphatic rings. The van der Waals surface area contributed by atoms with Crippen LogP contribution in [0.5, 0.6) is 0 Å². The van der Waals surface area contributed by atoms with Crippen LogP contribution in [-0.2, 0) is 11.3 Å². The van der Waals surface area contributed by atoms with E-state index in [9.17, 15) is 9.59 Å². The summed E-state index contributed by atoms with van der Waals surface area (Å²) in [6.07, 6.45) is 0. The van der Waals surface area contributed by atoms with Gasteiger partial charge in [-0.1, -0.05) is 12.1 Å². The zero-order chi connectivity index (χ0) is 14.4. The standard InChI is InChI=1S/C13H20N4O2/c1-9(2)17(8-12(15)18)13(19)16-11-5-3-10(7-14)4-6-11/h3-6,9H,7-8,14H2,1-2H3,(H2,15,18)(H,16,19). The van der Waals surface area contributed by atoms with Gasteiger partial charge in [0, 0.05) is 18.3 Å². The second-order valence-corrected chi connectivity index (χ2v) is 4.52. The highest BCUT2D eigenvalue weighted by Gasteiger charge is 2.18. The molecule has 0 fully saturated rings. The van der Waals surface area contributed by atoms with E-state index in [0.717, 1.165) is 5.56 Å². The second-order valence-electron chi connectivity index (χ2n) is 4.52. The second kappa shape index (κ2) is 6.75. The third kappa shape index (κ3) is 4.59. The molecule has 0 spiro atoms. The van der Waals surface area contributed by atoms with Crippen molar-refractivity contribution < 1.29 is 9.59 Å². The monoisotopic (exact) mass is 264 g/mol. The van der Waals surface area contributed by atoms with Crippen molar-refractivity contribution >= 4 is 17.6 Å². The van der Waals surface area contributed by atoms with Gasteiger partial charge in [0.15, 0.2) is 0 Å². The molecule has 1 aromatic carbocycles. The molecule has 0 aliphatic carbocycles. The number of nitrogens with zero attached hydrogens (tertiary/aromatic N) is 1. The highest BCUT2D eigenvalue weighted by Crippen LogP contribution is 2.11. The van der Waals surface area contributed by atoms with E-state index in [1.54, 1.807) is 12.1 Å². The number of amides is 3. The lowest BCUT2D eigenvalue weighted by Crippen LogP contribution is -2.44. The fraction of sp³-hybridized carbons (Fsp3) is 0.385. The Kier molecular flexibility index (Phi) is 5.32. The van der Waals surface area contributed by atoms with Gasteiger partial charge in [0.25, 0.3) is 0 Å². The van der Waals surface area contributed by atoms with Crippen LogP contribution < -0.4 is 16.8 Å². The van der Waals surface area contributed by atoms with Crippen molar-refractivity contribution in [1.82, 2.24) is 4.90 Å². The van der Waals surface area contributed by atoms with Crippen molar-refractivity contribution in [2.75, 3.05) is 11.9 Å². The van der Waals surface area contributed by atoms with Crippen molar-refractivity contribution in [3.05, 3.63) is 29.8 Å². The predicted molar refractivity (Wildman–Crippen MR) is 74.4 cm³/mol. The molecule has 1 aromatic rings. The van der Waals surface area contributed by atoms with Crippen molar-refractivity contribution in [3.8, 4) is 0 Å². The number of nitrogens with one attached hydrogen (secondary N) is 1. The minimum Gasteiger partial charge on any atom is -0.368 e. The third-order valence-electron chi connectivity index (χ3n) is 2.65. The Morgan fingerprint density at radius 3 is 2.26 bits per heavy atom. The van der Waals surface area contributed by atoms with E-state index < -0.39 is 5.91 Å². The molecule has 0 heterocycles. The summed E-state index contributed by atoms with van der Waals surface area (Å²) in [5.74, 6) is -0.540. The maximum atomic E-state index is 12.0. The van der Waals surface area contributed by atoms with Crippen LogP contribution in [0.2, 0.25) is 0 Å². The van der Waals surface area contributed by atoms with Gasteiger partial charge in [-0.3, -0.25) is 4.79 Å². The van der Waals surface area contributed by atoms with Gasteiger partial charge in [-0.05, 0) is 31.5 Å². The van der Waals surface area contributed by atoms with Crippen molar-refractivity contribution in [2.24, 2.45) is 11.5 Å². The van der Waals surface area contributed by atoms with Gasteiger partial charge in [-0.2, -0.15) is 0 Å². The Morgan fingerprint density at radius 2 is 1.84 bits per heavy atom. The van der Waals surface area contributed by atoms with Crippen molar-refractivity contribution in [1.29, 1.82) is 0 Å². The zero-order valence-electron chi connectivity index (χ0n) is 11.2. The molecule has 6 nitrogen and oxygen atoms in total. The van der Waals surface area contributed by atoms with Gasteiger partial charge < -0.3 is 21.7 Å². The lowest BCUT2D eigenvalue weighted by atomic mass is 10.2. The smallest absolute Gasteiger partial charge is 0.322 e. The van der Waals surface area contributed by atoms with E-state index in [-0.39, 0.29) is 18.6 Å². The molecule has 0 saturated heterocycles. The number of carbonyl (C=O) groups excluding carboxylic acids is 2. The van der Waals surface area contributed by atoms with E-state index in [1.807, 2.05) is 26.0 Å². The molecule has 0 atom stereocenters. The molecule has 104 valence electrons. The molecule has 0 bridgehead atoms. The number of benzene rings is 1. The first-order valence-corrected chi connectivity index (χ1v) is 6.09. The van der Waals surface area contributed by atoms with Gasteiger partial charge in [-0.15, -0.1) is 0 Å². The van der Waals surface area contributed by atoms with Gasteiger partial charge >= 0.3 is 6.03 Å². The SMILES string of the molecule is CC(C)N(CC(N)=O)C(=O)Nc1ccc(CN)cc1. The number of nitrogens with two attached hydrogens (primary N) is 2. The molecule has 0 aromatic heterocycles. The van der Waals surface area contributed by atoms with Crippen LogP contribution >= 0.6 is 0 Å². The normalized spacial score (nSPS) is 10.3. The quantitative estimate of drug-likeness (QED) is 0.735. The number of urea groups is 1. The number of hydrogen-bond acceptors (Lipinski definition) is 3. The largest absolute Gasteiger partial charge is 0.368 e. The van der Waals surface area contributed by atoms with Gasteiger partial charge in [-0.25, -0.2) is 4.79 Å². The molecule has 0 unspecified atom stereocenters. The van der Waals surface area contributed by atoms with Crippen LogP contribution in [0.15, 0.2) is 24.3 Å². The first-order chi connectivity index (χ1) is 8.93. The van der Waals surface area contributed by atoms with Crippen LogP contribution in [0.1, 0.15) is 19.4 Å². The van der Waals surface area contributed by atoms with Crippen molar-refractivity contribution in [2.45, 2.75) is 26.4 Å². The summed E-state index contributed by atoms with van der Waals surface area (Å²) in [7, 11) is 0. The molecular weight excluding hydrogens is 244 g/mol. The number of rotatable bonds is 5. The predicted octanol–water partition coefficient (Wildman–Crippen LogP) is 0.873. The third-order valence-corrected chi connectivity index (χ3v) is 2.65. The Bertz CT molecular complexity index is 442. The zero-order valence-corrected chi connectivity index (χ0v) is 11.2. The molecule has 6 heteroatoms.